The number of esters is 1. The number of benzene rings is 3. The van der Waals surface area contributed by atoms with E-state index in [2.05, 4.69) is 152 Å². The maximum Gasteiger partial charge on any atom is 0.338 e. The number of hydrogen-bond donors (Lipinski definition) is 2. The Morgan fingerprint density at radius 1 is 0.471 bits per heavy atom. The number of carbonyl (C=O) groups is 2. The Morgan fingerprint density at radius 2 is 0.721 bits per heavy atom. The fourth-order valence-corrected chi connectivity index (χ4v) is 4.72. The Balaban J connectivity index is -0.0000000376. The zero-order valence-electron chi connectivity index (χ0n) is 71.6. The molecule has 3 aromatic rings. The van der Waals surface area contributed by atoms with Crippen LogP contribution in [0.1, 0.15) is 182 Å². The molecule has 622 valence electrons. The van der Waals surface area contributed by atoms with Crippen molar-refractivity contribution in [3.8, 4) is 11.8 Å². The molecule has 0 fully saturated rings. The second-order valence-corrected chi connectivity index (χ2v) is 22.0. The maximum absolute atomic E-state index is 11.0. The van der Waals surface area contributed by atoms with Crippen LogP contribution < -0.4 is 15.4 Å². The van der Waals surface area contributed by atoms with E-state index in [4.69, 9.17) is 10.00 Å². The minimum atomic E-state index is -0.388. The summed E-state index contributed by atoms with van der Waals surface area (Å²) in [4.78, 5) is 38.5. The van der Waals surface area contributed by atoms with Crippen molar-refractivity contribution in [2.75, 3.05) is 185 Å². The van der Waals surface area contributed by atoms with Crippen molar-refractivity contribution in [1.82, 2.24) is 44.5 Å². The van der Waals surface area contributed by atoms with Gasteiger partial charge in [-0.3, -0.25) is 4.79 Å². The average Bonchev–Trinajstić information content (AvgIpc) is 0.960. The lowest BCUT2D eigenvalue weighted by molar-refractivity contribution is -0.130. The molecule has 0 aliphatic rings. The van der Waals surface area contributed by atoms with Crippen LogP contribution >= 0.6 is 0 Å². The van der Waals surface area contributed by atoms with Gasteiger partial charge in [-0.15, -0.1) is 6.58 Å². The van der Waals surface area contributed by atoms with Crippen LogP contribution in [-0.2, 0) is 9.59 Å². The Hall–Kier alpha value is -6.61. The van der Waals surface area contributed by atoms with Crippen molar-refractivity contribution in [3.63, 3.8) is 0 Å². The van der Waals surface area contributed by atoms with Crippen molar-refractivity contribution in [2.45, 2.75) is 176 Å². The number of amides is 1. The van der Waals surface area contributed by atoms with E-state index in [9.17, 15) is 9.59 Å². The highest BCUT2D eigenvalue weighted by Crippen LogP contribution is 2.10. The fourth-order valence-electron chi connectivity index (χ4n) is 4.72. The molecule has 14 heteroatoms. The summed E-state index contributed by atoms with van der Waals surface area (Å²) in [5.41, 5.74) is 7.22. The molecule has 0 saturated heterocycles. The highest BCUT2D eigenvalue weighted by atomic mass is 16.5. The van der Waals surface area contributed by atoms with Crippen LogP contribution in [0.25, 0.3) is 6.08 Å². The first-order chi connectivity index (χ1) is 45.8. The number of rotatable bonds is 19. The normalized spacial score (nSPS) is 8.00. The summed E-state index contributed by atoms with van der Waals surface area (Å²) >= 11 is 0. The second kappa shape index (κ2) is 139. The van der Waals surface area contributed by atoms with Crippen molar-refractivity contribution >= 4 is 23.6 Å². The minimum absolute atomic E-state index is 0. The van der Waals surface area contributed by atoms with Crippen molar-refractivity contribution in [3.05, 3.63) is 201 Å². The van der Waals surface area contributed by atoms with Crippen LogP contribution in [0.5, 0.6) is 5.75 Å². The number of ether oxygens (including phenoxy) is 1. The first-order valence-electron chi connectivity index (χ1n) is 34.3. The lowest BCUT2D eigenvalue weighted by Crippen LogP contribution is -2.12. The van der Waals surface area contributed by atoms with E-state index in [1.807, 2.05) is 286 Å². The molecule has 0 bridgehead atoms. The van der Waals surface area contributed by atoms with Crippen LogP contribution in [0, 0.1) is 11.3 Å². The summed E-state index contributed by atoms with van der Waals surface area (Å²) in [6, 6.07) is 30.0. The Labute approximate surface area is 658 Å². The number of nitrogens with zero attached hydrogens (tertiary/aromatic N) is 9. The number of allylic oxidation sites excluding steroid dienone is 1. The molecule has 0 spiro atoms. The summed E-state index contributed by atoms with van der Waals surface area (Å²) in [5, 5.41) is 12.9. The third-order valence-corrected chi connectivity index (χ3v) is 8.10. The summed E-state index contributed by atoms with van der Waals surface area (Å²) in [6.45, 7) is 74.6. The molecule has 3 aromatic carbocycles. The molecule has 104 heavy (non-hydrogen) atoms. The van der Waals surface area contributed by atoms with Gasteiger partial charge < -0.3 is 54.6 Å². The van der Waals surface area contributed by atoms with Crippen molar-refractivity contribution < 1.29 is 14.3 Å². The zero-order valence-corrected chi connectivity index (χ0v) is 71.6. The van der Waals surface area contributed by atoms with Gasteiger partial charge in [0.2, 0.25) is 5.91 Å². The highest BCUT2D eigenvalue weighted by Gasteiger charge is 2.03. The van der Waals surface area contributed by atoms with Gasteiger partial charge in [0, 0.05) is 57.5 Å². The lowest BCUT2D eigenvalue weighted by Gasteiger charge is -2.06. The highest BCUT2D eigenvalue weighted by molar-refractivity contribution is 5.98. The fraction of sp³-hybridized carbons (Fsp3) is 0.567. The quantitative estimate of drug-likeness (QED) is 0.0514. The molecular formula is C90H189N11O3. The third-order valence-electron chi connectivity index (χ3n) is 8.10. The topological polar surface area (TPSA) is 117 Å². The summed E-state index contributed by atoms with van der Waals surface area (Å²) < 4.78 is 4.94. The number of carbonyl (C=O) groups excluding carboxylic acids is 2. The van der Waals surface area contributed by atoms with E-state index in [0.29, 0.717) is 11.3 Å². The van der Waals surface area contributed by atoms with E-state index >= 15 is 0 Å². The Kier molecular flexibility index (Phi) is 207. The van der Waals surface area contributed by atoms with E-state index in [0.717, 1.165) is 58.0 Å². The van der Waals surface area contributed by atoms with E-state index in [1.165, 1.54) is 40.9 Å². The molecule has 0 aliphatic heterocycles. The first-order valence-corrected chi connectivity index (χ1v) is 34.3. The molecule has 14 nitrogen and oxygen atoms in total. The van der Waals surface area contributed by atoms with Gasteiger partial charge in [0.05, 0.1) is 6.07 Å². The molecule has 0 atom stereocenters. The number of anilines is 1. The molecule has 0 saturated carbocycles. The van der Waals surface area contributed by atoms with Gasteiger partial charge in [0.15, 0.2) is 0 Å². The van der Waals surface area contributed by atoms with Crippen LogP contribution in [0.4, 0.5) is 5.69 Å². The minimum Gasteiger partial charge on any atom is -0.423 e. The smallest absolute Gasteiger partial charge is 0.338 e. The van der Waals surface area contributed by atoms with Crippen LogP contribution in [-0.4, -0.2) is 230 Å². The molecule has 0 heterocycles. The van der Waals surface area contributed by atoms with Crippen LogP contribution in [0.15, 0.2) is 196 Å². The molecular weight excluding hydrogens is 1280 g/mol. The van der Waals surface area contributed by atoms with Crippen molar-refractivity contribution in [1.29, 1.82) is 5.26 Å². The maximum atomic E-state index is 11.0. The summed E-state index contributed by atoms with van der Waals surface area (Å²) in [6.07, 6.45) is 9.13. The number of likely N-dealkylation sites (N-methyl/N-ethyl adjacent to an activating group) is 6. The number of para-hydroxylation sites is 2. The SMILES string of the molecule is C.C.C.C.C.C.C=C(C)C(=O)Oc1ccccc1.C=C(C)CN(C)C.C=C(C)CN(C)C.C=C(C)CN(C)C.C=C(C)CN(C)C.C=CC(=O)Nc1ccccc1.C=CCN(C)C.C=Cc1ccccc1.CC.CC.CC.CC.CC.CC#N.CC=CCN(C)C.CCN(C)C.CCNC.CN(C)C. The molecule has 3 rings (SSSR count). The average molecular weight is 1470 g/mol. The molecule has 0 radical (unpaired) electrons. The van der Waals surface area contributed by atoms with E-state index < -0.39 is 0 Å². The third kappa shape index (κ3) is 241. The molecule has 0 unspecified atom stereocenters. The predicted octanol–water partition coefficient (Wildman–Crippen LogP) is 23.1. The summed E-state index contributed by atoms with van der Waals surface area (Å²) in [5.74, 6) is -0.0251. The Bertz CT molecular complexity index is 2060. The van der Waals surface area contributed by atoms with Crippen molar-refractivity contribution in [2.24, 2.45) is 0 Å². The standard InChI is InChI=1S/C10H10O2.C9H9NO.C8H8.5C6H13N.C5H11N.C4H11N.2C3H9N.C2H3N.5C2H6.6CH4/c1-8(2)10(11)12-9-6-4-3-5-7-9;1-2-9(11)10-8-6-4-3-5-7-8;1-2-8-6-4-3-5-7-8;4*1-6(2)5-7(3)4;1-4-5-6-7(2)3;1-4-5-6(2)3;1-4-5(2)3;1-4(2)3;1-3-4-2;1-2-3;5*1-2;;;;;;/h3-7H,1H2,2H3;2-7H,1H2,(H,10,11);2-7H,1H2;4*1,5H2,2-4H3;4-5H,6H2,1-3H3;4H,1,5H2,2-3H3;4H2,1-3H3;1-3H3;4H,3H2,1-2H3;1H3;5*1-2H3;6*1H4. The van der Waals surface area contributed by atoms with Gasteiger partial charge in [-0.05, 0) is 217 Å². The predicted molar refractivity (Wildman–Crippen MR) is 496 cm³/mol. The first kappa shape index (κ1) is 155. The molecule has 2 N–H and O–H groups in total. The zero-order chi connectivity index (χ0) is 81.0. The number of nitrogens with one attached hydrogen (secondary N) is 2. The molecule has 0 aromatic heterocycles. The monoisotopic (exact) mass is 1470 g/mol. The molecule has 0 aliphatic carbocycles. The Morgan fingerprint density at radius 3 is 0.856 bits per heavy atom. The van der Waals surface area contributed by atoms with Gasteiger partial charge in [-0.1, -0.05) is 287 Å². The van der Waals surface area contributed by atoms with Gasteiger partial charge >= 0.3 is 5.97 Å². The number of hydrogen-bond acceptors (Lipinski definition) is 13. The van der Waals surface area contributed by atoms with Gasteiger partial charge in [0.25, 0.3) is 0 Å². The van der Waals surface area contributed by atoms with E-state index in [1.54, 1.807) is 37.3 Å². The van der Waals surface area contributed by atoms with Crippen LogP contribution in [0.2, 0.25) is 0 Å². The largest absolute Gasteiger partial charge is 0.423 e. The molecule has 1 amide bonds. The van der Waals surface area contributed by atoms with Crippen LogP contribution in [0.3, 0.4) is 0 Å². The van der Waals surface area contributed by atoms with Gasteiger partial charge in [-0.2, -0.15) is 5.26 Å². The summed E-state index contributed by atoms with van der Waals surface area (Å²) in [7, 11) is 36.5. The van der Waals surface area contributed by atoms with Gasteiger partial charge in [-0.25, -0.2) is 4.79 Å². The second-order valence-electron chi connectivity index (χ2n) is 22.0. The van der Waals surface area contributed by atoms with E-state index in [-0.39, 0.29) is 56.4 Å². The van der Waals surface area contributed by atoms with Gasteiger partial charge in [0.1, 0.15) is 5.75 Å². The number of nitriles is 1. The lowest BCUT2D eigenvalue weighted by atomic mass is 10.2.